The fourth-order valence-electron chi connectivity index (χ4n) is 1.89. The van der Waals surface area contributed by atoms with Crippen LogP contribution >= 0.6 is 50.5 Å². The number of aromatic nitrogens is 1. The molecule has 0 saturated carbocycles. The lowest BCUT2D eigenvalue weighted by molar-refractivity contribution is 0.437. The minimum atomic E-state index is 0.263. The quantitative estimate of drug-likeness (QED) is 0.609. The number of rotatable bonds is 2. The molecule has 20 heavy (non-hydrogen) atoms. The molecule has 3 nitrogen and oxygen atoms in total. The summed E-state index contributed by atoms with van der Waals surface area (Å²) in [5, 5.41) is 4.85. The monoisotopic (exact) mass is 388 g/mol. The van der Waals surface area contributed by atoms with E-state index in [1.54, 1.807) is 18.2 Å². The second kappa shape index (κ2) is 5.41. The minimum absolute atomic E-state index is 0.263. The van der Waals surface area contributed by atoms with E-state index in [4.69, 9.17) is 33.5 Å². The van der Waals surface area contributed by atoms with E-state index in [2.05, 4.69) is 21.1 Å². The van der Waals surface area contributed by atoms with E-state index in [-0.39, 0.29) is 5.82 Å². The van der Waals surface area contributed by atoms with E-state index in [9.17, 15) is 0 Å². The van der Waals surface area contributed by atoms with Crippen LogP contribution < -0.4 is 5.73 Å². The molecule has 0 radical (unpaired) electrons. The second-order valence-corrected chi connectivity index (χ2v) is 7.25. The molecule has 0 amide bonds. The Morgan fingerprint density at radius 2 is 1.80 bits per heavy atom. The van der Waals surface area contributed by atoms with Crippen molar-refractivity contribution in [3.63, 3.8) is 0 Å². The molecule has 2 aromatic heterocycles. The third-order valence-electron chi connectivity index (χ3n) is 2.73. The molecule has 3 aromatic rings. The maximum atomic E-state index is 6.24. The molecule has 0 aliphatic heterocycles. The predicted octanol–water partition coefficient (Wildman–Crippen LogP) is 5.72. The Kier molecular flexibility index (Phi) is 3.77. The summed E-state index contributed by atoms with van der Waals surface area (Å²) in [6.07, 6.45) is 0. The standard InChI is InChI=1S/C13H7BrCl2N2OS/c14-9-5-4-8(20-9)12-11(13(17)18-19-12)10-6(15)2-1-3-7(10)16/h1-5H,(H2,17,18). The number of nitrogen functional groups attached to an aromatic ring is 1. The number of anilines is 1. The third kappa shape index (κ3) is 2.35. The van der Waals surface area contributed by atoms with Crippen LogP contribution in [0, 0.1) is 0 Å². The van der Waals surface area contributed by atoms with Gasteiger partial charge in [-0.05, 0) is 40.2 Å². The van der Waals surface area contributed by atoms with Crippen LogP contribution in [0.3, 0.4) is 0 Å². The van der Waals surface area contributed by atoms with E-state index < -0.39 is 0 Å². The van der Waals surface area contributed by atoms with Crippen molar-refractivity contribution in [1.29, 1.82) is 0 Å². The summed E-state index contributed by atoms with van der Waals surface area (Å²) in [4.78, 5) is 0.895. The molecule has 0 aliphatic carbocycles. The van der Waals surface area contributed by atoms with Crippen LogP contribution in [0.5, 0.6) is 0 Å². The van der Waals surface area contributed by atoms with Crippen LogP contribution in [0.15, 0.2) is 38.6 Å². The molecule has 2 N–H and O–H groups in total. The number of hydrogen-bond acceptors (Lipinski definition) is 4. The molecule has 0 spiro atoms. The highest BCUT2D eigenvalue weighted by Crippen LogP contribution is 2.45. The van der Waals surface area contributed by atoms with Crippen molar-refractivity contribution in [3.05, 3.63) is 44.2 Å². The molecular formula is C13H7BrCl2N2OS. The molecule has 3 rings (SSSR count). The average Bonchev–Trinajstić information content (AvgIpc) is 2.97. The Balaban J connectivity index is 2.27. The normalized spacial score (nSPS) is 10.9. The van der Waals surface area contributed by atoms with Gasteiger partial charge in [0.25, 0.3) is 0 Å². The summed E-state index contributed by atoms with van der Waals surface area (Å²) < 4.78 is 6.34. The predicted molar refractivity (Wildman–Crippen MR) is 87.4 cm³/mol. The first-order valence-electron chi connectivity index (χ1n) is 5.53. The van der Waals surface area contributed by atoms with Gasteiger partial charge in [0.15, 0.2) is 11.6 Å². The van der Waals surface area contributed by atoms with Crippen LogP contribution in [0.1, 0.15) is 0 Å². The molecule has 1 aromatic carbocycles. The van der Waals surface area contributed by atoms with Gasteiger partial charge in [-0.3, -0.25) is 0 Å². The summed E-state index contributed by atoms with van der Waals surface area (Å²) in [6, 6.07) is 9.13. The van der Waals surface area contributed by atoms with E-state index in [1.807, 2.05) is 12.1 Å². The molecule has 7 heteroatoms. The van der Waals surface area contributed by atoms with Crippen molar-refractivity contribution in [2.75, 3.05) is 5.73 Å². The van der Waals surface area contributed by atoms with Gasteiger partial charge in [0, 0.05) is 5.56 Å². The summed E-state index contributed by atoms with van der Waals surface area (Å²) in [7, 11) is 0. The van der Waals surface area contributed by atoms with Crippen LogP contribution in [-0.2, 0) is 0 Å². The molecule has 0 bridgehead atoms. The SMILES string of the molecule is Nc1noc(-c2ccc(Br)s2)c1-c1c(Cl)cccc1Cl. The molecule has 0 atom stereocenters. The molecule has 0 aliphatic rings. The molecule has 2 heterocycles. The average molecular weight is 390 g/mol. The molecule has 102 valence electrons. The highest BCUT2D eigenvalue weighted by atomic mass is 79.9. The van der Waals surface area contributed by atoms with Crippen molar-refractivity contribution in [2.45, 2.75) is 0 Å². The van der Waals surface area contributed by atoms with Crippen molar-refractivity contribution in [2.24, 2.45) is 0 Å². The summed E-state index contributed by atoms with van der Waals surface area (Å²) in [6.45, 7) is 0. The van der Waals surface area contributed by atoms with Gasteiger partial charge in [-0.1, -0.05) is 34.4 Å². The molecule has 0 fully saturated rings. The highest BCUT2D eigenvalue weighted by molar-refractivity contribution is 9.11. The molecule has 0 unspecified atom stereocenters. The second-order valence-electron chi connectivity index (χ2n) is 3.97. The smallest absolute Gasteiger partial charge is 0.186 e. The van der Waals surface area contributed by atoms with E-state index in [0.717, 1.165) is 8.66 Å². The van der Waals surface area contributed by atoms with E-state index in [0.29, 0.717) is 26.9 Å². The lowest BCUT2D eigenvalue weighted by atomic mass is 10.0. The highest BCUT2D eigenvalue weighted by Gasteiger charge is 2.22. The zero-order valence-corrected chi connectivity index (χ0v) is 13.8. The van der Waals surface area contributed by atoms with E-state index >= 15 is 0 Å². The Hall–Kier alpha value is -1.01. The fourth-order valence-corrected chi connectivity index (χ4v) is 3.84. The Morgan fingerprint density at radius 3 is 2.40 bits per heavy atom. The van der Waals surface area contributed by atoms with Crippen molar-refractivity contribution >= 4 is 56.3 Å². The number of halogens is 3. The van der Waals surface area contributed by atoms with E-state index in [1.165, 1.54) is 11.3 Å². The lowest BCUT2D eigenvalue weighted by Gasteiger charge is -2.06. The number of benzene rings is 1. The third-order valence-corrected chi connectivity index (χ3v) is 4.98. The summed E-state index contributed by atoms with van der Waals surface area (Å²) >= 11 is 17.4. The molecule has 0 saturated heterocycles. The van der Waals surface area contributed by atoms with Gasteiger partial charge < -0.3 is 10.3 Å². The van der Waals surface area contributed by atoms with Crippen LogP contribution in [0.25, 0.3) is 21.8 Å². The number of nitrogens with two attached hydrogens (primary N) is 1. The first-order valence-corrected chi connectivity index (χ1v) is 7.89. The Labute approximate surface area is 137 Å². The minimum Gasteiger partial charge on any atom is -0.380 e. The zero-order valence-electron chi connectivity index (χ0n) is 9.86. The number of hydrogen-bond donors (Lipinski definition) is 1. The zero-order chi connectivity index (χ0) is 14.3. The van der Waals surface area contributed by atoms with Crippen LogP contribution in [0.2, 0.25) is 10.0 Å². The Bertz CT molecular complexity index is 764. The van der Waals surface area contributed by atoms with Crippen molar-refractivity contribution in [3.8, 4) is 21.8 Å². The maximum Gasteiger partial charge on any atom is 0.186 e. The first-order chi connectivity index (χ1) is 9.58. The van der Waals surface area contributed by atoms with Gasteiger partial charge in [0.1, 0.15) is 0 Å². The van der Waals surface area contributed by atoms with Gasteiger partial charge in [0.05, 0.1) is 24.3 Å². The topological polar surface area (TPSA) is 52.0 Å². The van der Waals surface area contributed by atoms with Crippen LogP contribution in [-0.4, -0.2) is 5.16 Å². The number of nitrogens with zero attached hydrogens (tertiary/aromatic N) is 1. The number of thiophene rings is 1. The van der Waals surface area contributed by atoms with Gasteiger partial charge in [-0.2, -0.15) is 0 Å². The largest absolute Gasteiger partial charge is 0.380 e. The molecular weight excluding hydrogens is 383 g/mol. The van der Waals surface area contributed by atoms with Gasteiger partial charge in [0.2, 0.25) is 0 Å². The first kappa shape index (κ1) is 13.9. The van der Waals surface area contributed by atoms with Crippen molar-refractivity contribution < 1.29 is 4.52 Å². The van der Waals surface area contributed by atoms with Gasteiger partial charge in [-0.15, -0.1) is 11.3 Å². The van der Waals surface area contributed by atoms with Crippen molar-refractivity contribution in [1.82, 2.24) is 5.16 Å². The summed E-state index contributed by atoms with van der Waals surface area (Å²) in [5.41, 5.74) is 7.18. The van der Waals surface area contributed by atoms with Gasteiger partial charge >= 0.3 is 0 Å². The van der Waals surface area contributed by atoms with Gasteiger partial charge in [-0.25, -0.2) is 0 Å². The summed E-state index contributed by atoms with van der Waals surface area (Å²) in [5.74, 6) is 0.827. The Morgan fingerprint density at radius 1 is 1.10 bits per heavy atom. The van der Waals surface area contributed by atoms with Crippen LogP contribution in [0.4, 0.5) is 5.82 Å². The fraction of sp³-hybridized carbons (Fsp3) is 0. The lowest BCUT2D eigenvalue weighted by Crippen LogP contribution is -1.90. The maximum absolute atomic E-state index is 6.24.